The standard InChI is InChI=1S/C28H47BN4O7S/c1-19(2)22(32-25(35)38-26(3,4)5)23(34)33-15-11-10-13-21(33)14-12-16-41(36,37)24-30-17-20(18-31-24)29-39-27(6,7)28(8,9)40-29/h17-19,21-22H,10-16H2,1-9H3,(H,32,35)/t21-,22-/m1/s1. The van der Waals surface area contributed by atoms with Crippen molar-refractivity contribution in [2.24, 2.45) is 5.92 Å². The summed E-state index contributed by atoms with van der Waals surface area (Å²) in [7, 11) is -4.40. The maximum absolute atomic E-state index is 13.6. The summed E-state index contributed by atoms with van der Waals surface area (Å²) < 4.78 is 43.4. The zero-order chi connectivity index (χ0) is 30.8. The van der Waals surface area contributed by atoms with Crippen LogP contribution in [0.3, 0.4) is 0 Å². The number of rotatable bonds is 9. The first-order valence-electron chi connectivity index (χ1n) is 14.5. The molecule has 0 bridgehead atoms. The smallest absolute Gasteiger partial charge is 0.444 e. The fourth-order valence-corrected chi connectivity index (χ4v) is 6.06. The van der Waals surface area contributed by atoms with E-state index in [9.17, 15) is 18.0 Å². The molecular formula is C28H47BN4O7S. The maximum atomic E-state index is 13.6. The number of hydrogen-bond acceptors (Lipinski definition) is 9. The van der Waals surface area contributed by atoms with Crippen LogP contribution in [0.5, 0.6) is 0 Å². The molecule has 2 fully saturated rings. The molecule has 1 aromatic rings. The Kier molecular flexibility index (Phi) is 10.2. The van der Waals surface area contributed by atoms with Gasteiger partial charge in [0.1, 0.15) is 11.6 Å². The molecule has 2 saturated heterocycles. The minimum atomic E-state index is -3.73. The van der Waals surface area contributed by atoms with Gasteiger partial charge in [0, 0.05) is 30.4 Å². The van der Waals surface area contributed by atoms with Gasteiger partial charge in [-0.25, -0.2) is 23.2 Å². The fraction of sp³-hybridized carbons (Fsp3) is 0.786. The molecule has 0 aliphatic carbocycles. The monoisotopic (exact) mass is 594 g/mol. The number of nitrogens with one attached hydrogen (secondary N) is 1. The molecule has 41 heavy (non-hydrogen) atoms. The van der Waals surface area contributed by atoms with Crippen molar-refractivity contribution >= 4 is 34.4 Å². The number of carbonyl (C=O) groups is 2. The molecule has 2 aliphatic heterocycles. The first-order valence-corrected chi connectivity index (χ1v) is 16.2. The predicted octanol–water partition coefficient (Wildman–Crippen LogP) is 3.26. The van der Waals surface area contributed by atoms with Crippen LogP contribution in [0.25, 0.3) is 0 Å². The van der Waals surface area contributed by atoms with Crippen molar-refractivity contribution in [2.75, 3.05) is 12.3 Å². The molecule has 3 heterocycles. The van der Waals surface area contributed by atoms with Gasteiger partial charge in [-0.15, -0.1) is 0 Å². The lowest BCUT2D eigenvalue weighted by Gasteiger charge is -2.39. The molecule has 3 rings (SSSR count). The average molecular weight is 595 g/mol. The third kappa shape index (κ3) is 8.41. The lowest BCUT2D eigenvalue weighted by molar-refractivity contribution is -0.138. The Labute approximate surface area is 245 Å². The summed E-state index contributed by atoms with van der Waals surface area (Å²) in [6, 6.07) is -0.843. The van der Waals surface area contributed by atoms with Crippen LogP contribution in [0.15, 0.2) is 17.6 Å². The molecule has 1 aromatic heterocycles. The lowest BCUT2D eigenvalue weighted by Crippen LogP contribution is -2.55. The minimum Gasteiger partial charge on any atom is -0.444 e. The largest absolute Gasteiger partial charge is 0.498 e. The molecule has 0 unspecified atom stereocenters. The van der Waals surface area contributed by atoms with Gasteiger partial charge < -0.3 is 24.3 Å². The van der Waals surface area contributed by atoms with Crippen molar-refractivity contribution in [1.29, 1.82) is 0 Å². The number of piperidine rings is 1. The van der Waals surface area contributed by atoms with Gasteiger partial charge in [0.2, 0.25) is 20.9 Å². The Balaban J connectivity index is 1.61. The first kappa shape index (κ1) is 33.3. The van der Waals surface area contributed by atoms with Crippen molar-refractivity contribution < 1.29 is 32.1 Å². The van der Waals surface area contributed by atoms with Crippen LogP contribution in [-0.4, -0.2) is 83.6 Å². The highest BCUT2D eigenvalue weighted by Gasteiger charge is 2.52. The van der Waals surface area contributed by atoms with E-state index in [1.807, 2.05) is 41.5 Å². The van der Waals surface area contributed by atoms with E-state index in [1.165, 1.54) is 12.4 Å². The van der Waals surface area contributed by atoms with Crippen LogP contribution in [0.2, 0.25) is 0 Å². The van der Waals surface area contributed by atoms with Gasteiger partial charge in [0.25, 0.3) is 0 Å². The molecule has 11 nitrogen and oxygen atoms in total. The van der Waals surface area contributed by atoms with Crippen LogP contribution in [0.4, 0.5) is 4.79 Å². The summed E-state index contributed by atoms with van der Waals surface area (Å²) in [6.45, 7) is 17.4. The molecule has 0 saturated carbocycles. The lowest BCUT2D eigenvalue weighted by atomic mass is 9.81. The summed E-state index contributed by atoms with van der Waals surface area (Å²) in [6.07, 6.45) is 5.72. The number of amides is 2. The van der Waals surface area contributed by atoms with Gasteiger partial charge in [0.15, 0.2) is 0 Å². The predicted molar refractivity (Wildman–Crippen MR) is 156 cm³/mol. The van der Waals surface area contributed by atoms with Gasteiger partial charge >= 0.3 is 13.2 Å². The molecule has 230 valence electrons. The molecule has 1 N–H and O–H groups in total. The van der Waals surface area contributed by atoms with E-state index in [2.05, 4.69) is 15.3 Å². The summed E-state index contributed by atoms with van der Waals surface area (Å²) in [5.74, 6) is -0.444. The number of hydrogen-bond donors (Lipinski definition) is 1. The van der Waals surface area contributed by atoms with E-state index in [4.69, 9.17) is 14.0 Å². The van der Waals surface area contributed by atoms with Gasteiger partial charge in [-0.2, -0.15) is 0 Å². The van der Waals surface area contributed by atoms with Crippen molar-refractivity contribution in [3.63, 3.8) is 0 Å². The molecular weight excluding hydrogens is 547 g/mol. The zero-order valence-electron chi connectivity index (χ0n) is 26.0. The van der Waals surface area contributed by atoms with Gasteiger partial charge in [-0.05, 0) is 86.5 Å². The number of carbonyl (C=O) groups excluding carboxylic acids is 2. The van der Waals surface area contributed by atoms with E-state index in [0.717, 1.165) is 19.3 Å². The number of ether oxygens (including phenoxy) is 1. The Morgan fingerprint density at radius 2 is 1.71 bits per heavy atom. The molecule has 13 heteroatoms. The van der Waals surface area contributed by atoms with Crippen LogP contribution in [-0.2, 0) is 28.7 Å². The topological polar surface area (TPSA) is 137 Å². The molecule has 0 spiro atoms. The highest BCUT2D eigenvalue weighted by atomic mass is 32.2. The second-order valence-electron chi connectivity index (χ2n) is 13.4. The van der Waals surface area contributed by atoms with Crippen LogP contribution < -0.4 is 10.8 Å². The van der Waals surface area contributed by atoms with Gasteiger partial charge in [-0.1, -0.05) is 13.8 Å². The van der Waals surface area contributed by atoms with Crippen molar-refractivity contribution in [1.82, 2.24) is 20.2 Å². The highest BCUT2D eigenvalue weighted by molar-refractivity contribution is 7.91. The minimum absolute atomic E-state index is 0.111. The van der Waals surface area contributed by atoms with Gasteiger partial charge in [0.05, 0.1) is 17.0 Å². The number of alkyl carbamates (subject to hydrolysis) is 1. The number of sulfone groups is 1. The number of likely N-dealkylation sites (tertiary alicyclic amines) is 1. The summed E-state index contributed by atoms with van der Waals surface area (Å²) >= 11 is 0. The second-order valence-corrected chi connectivity index (χ2v) is 15.4. The normalized spacial score (nSPS) is 21.6. The van der Waals surface area contributed by atoms with E-state index >= 15 is 0 Å². The molecule has 2 amide bonds. The molecule has 0 radical (unpaired) electrons. The number of aromatic nitrogens is 2. The van der Waals surface area contributed by atoms with E-state index < -0.39 is 45.9 Å². The Hall–Kier alpha value is -2.25. The second kappa shape index (κ2) is 12.5. The number of nitrogens with zero attached hydrogens (tertiary/aromatic N) is 3. The molecule has 2 aliphatic rings. The summed E-state index contributed by atoms with van der Waals surface area (Å²) in [5.41, 5.74) is -1.18. The van der Waals surface area contributed by atoms with E-state index in [0.29, 0.717) is 24.8 Å². The maximum Gasteiger partial charge on any atom is 0.498 e. The Morgan fingerprint density at radius 3 is 2.24 bits per heavy atom. The van der Waals surface area contributed by atoms with Crippen LogP contribution in [0.1, 0.15) is 94.4 Å². The third-order valence-electron chi connectivity index (χ3n) is 7.92. The Bertz CT molecular complexity index is 1170. The Morgan fingerprint density at radius 1 is 1.12 bits per heavy atom. The van der Waals surface area contributed by atoms with Gasteiger partial charge in [-0.3, -0.25) is 4.79 Å². The average Bonchev–Trinajstić information content (AvgIpc) is 3.07. The molecule has 2 atom stereocenters. The van der Waals surface area contributed by atoms with Crippen LogP contribution in [0, 0.1) is 5.92 Å². The highest BCUT2D eigenvalue weighted by Crippen LogP contribution is 2.36. The fourth-order valence-electron chi connectivity index (χ4n) is 4.91. The zero-order valence-corrected chi connectivity index (χ0v) is 26.8. The summed E-state index contributed by atoms with van der Waals surface area (Å²) in [5, 5.41) is 2.50. The van der Waals surface area contributed by atoms with E-state index in [-0.39, 0.29) is 28.8 Å². The van der Waals surface area contributed by atoms with Crippen molar-refractivity contribution in [3.8, 4) is 0 Å². The molecule has 0 aromatic carbocycles. The summed E-state index contributed by atoms with van der Waals surface area (Å²) in [4.78, 5) is 36.0. The van der Waals surface area contributed by atoms with Crippen LogP contribution >= 0.6 is 0 Å². The first-order chi connectivity index (χ1) is 18.8. The van der Waals surface area contributed by atoms with E-state index in [1.54, 1.807) is 25.7 Å². The SMILES string of the molecule is CC(C)[C@@H](NC(=O)OC(C)(C)C)C(=O)N1CCCC[C@@H]1CCCS(=O)(=O)c1ncc(B2OC(C)(C)C(C)(C)O2)cn1. The van der Waals surface area contributed by atoms with Crippen molar-refractivity contribution in [3.05, 3.63) is 12.4 Å². The quantitative estimate of drug-likeness (QED) is 0.337. The third-order valence-corrected chi connectivity index (χ3v) is 9.51. The van der Waals surface area contributed by atoms with Crippen molar-refractivity contribution in [2.45, 2.75) is 128 Å².